The van der Waals surface area contributed by atoms with E-state index in [1.165, 1.54) is 71.3 Å². The summed E-state index contributed by atoms with van der Waals surface area (Å²) >= 11 is 0. The molecule has 12 rings (SSSR count). The lowest BCUT2D eigenvalue weighted by molar-refractivity contribution is 0.667. The second kappa shape index (κ2) is 12.5. The van der Waals surface area contributed by atoms with Crippen LogP contribution in [0.2, 0.25) is 0 Å². The maximum absolute atomic E-state index is 6.96. The van der Waals surface area contributed by atoms with Crippen LogP contribution in [0, 0.1) is 0 Å². The average Bonchev–Trinajstić information content (AvgIpc) is 3.80. The quantitative estimate of drug-likeness (QED) is 0.163. The molecule has 0 saturated carbocycles. The summed E-state index contributed by atoms with van der Waals surface area (Å²) in [5, 5.41) is 9.73. The van der Waals surface area contributed by atoms with Crippen LogP contribution < -0.4 is 4.90 Å². The molecule has 0 N–H and O–H groups in total. The molecule has 0 aliphatic heterocycles. The number of fused-ring (bicyclic) bond motifs is 12. The molecule has 11 aromatic rings. The molecule has 0 spiro atoms. The van der Waals surface area contributed by atoms with Crippen LogP contribution in [-0.2, 0) is 5.41 Å². The fourth-order valence-corrected chi connectivity index (χ4v) is 9.93. The first-order valence-electron chi connectivity index (χ1n) is 20.1. The van der Waals surface area contributed by atoms with Gasteiger partial charge in [-0.15, -0.1) is 0 Å². The molecule has 2 heteroatoms. The molecule has 0 bridgehead atoms. The van der Waals surface area contributed by atoms with Crippen LogP contribution in [0.25, 0.3) is 76.5 Å². The predicted molar refractivity (Wildman–Crippen MR) is 244 cm³/mol. The minimum Gasteiger partial charge on any atom is -0.454 e. The van der Waals surface area contributed by atoms with E-state index in [-0.39, 0.29) is 5.41 Å². The van der Waals surface area contributed by atoms with Crippen molar-refractivity contribution in [3.8, 4) is 22.3 Å². The van der Waals surface area contributed by atoms with Gasteiger partial charge in [0.15, 0.2) is 5.58 Å². The van der Waals surface area contributed by atoms with Crippen LogP contribution in [0.3, 0.4) is 0 Å². The second-order valence-corrected chi connectivity index (χ2v) is 15.8. The molecule has 2 nitrogen and oxygen atoms in total. The van der Waals surface area contributed by atoms with Crippen molar-refractivity contribution in [3.63, 3.8) is 0 Å². The van der Waals surface area contributed by atoms with Crippen LogP contribution in [-0.4, -0.2) is 0 Å². The molecule has 1 heterocycles. The van der Waals surface area contributed by atoms with Gasteiger partial charge in [0.05, 0.1) is 5.69 Å². The summed E-state index contributed by atoms with van der Waals surface area (Å²) in [7, 11) is 0. The van der Waals surface area contributed by atoms with Gasteiger partial charge in [0.25, 0.3) is 0 Å². The number of para-hydroxylation sites is 1. The maximum Gasteiger partial charge on any atom is 0.159 e. The monoisotopic (exact) mass is 739 g/mol. The van der Waals surface area contributed by atoms with E-state index in [1.807, 2.05) is 0 Å². The van der Waals surface area contributed by atoms with E-state index in [0.29, 0.717) is 0 Å². The normalized spacial score (nSPS) is 13.1. The van der Waals surface area contributed by atoms with Crippen LogP contribution >= 0.6 is 0 Å². The van der Waals surface area contributed by atoms with Crippen molar-refractivity contribution >= 4 is 71.3 Å². The Morgan fingerprint density at radius 1 is 0.379 bits per heavy atom. The number of rotatable bonds is 5. The Bertz CT molecular complexity index is 3330. The van der Waals surface area contributed by atoms with Gasteiger partial charge >= 0.3 is 0 Å². The lowest BCUT2D eigenvalue weighted by Crippen LogP contribution is -2.22. The number of furan rings is 1. The molecule has 0 amide bonds. The minimum absolute atomic E-state index is 0.298. The van der Waals surface area contributed by atoms with Crippen molar-refractivity contribution in [1.82, 2.24) is 0 Å². The van der Waals surface area contributed by atoms with E-state index < -0.39 is 0 Å². The minimum atomic E-state index is -0.298. The molecule has 1 aliphatic carbocycles. The Balaban J connectivity index is 1.08. The zero-order valence-electron chi connectivity index (χ0n) is 32.0. The zero-order chi connectivity index (χ0) is 38.4. The first-order valence-corrected chi connectivity index (χ1v) is 20.1. The molecule has 58 heavy (non-hydrogen) atoms. The summed E-state index contributed by atoms with van der Waals surface area (Å²) < 4.78 is 6.96. The van der Waals surface area contributed by atoms with Gasteiger partial charge in [0.2, 0.25) is 0 Å². The van der Waals surface area contributed by atoms with Crippen LogP contribution in [0.1, 0.15) is 23.6 Å². The fraction of sp³-hybridized carbons (Fsp3) is 0.0357. The highest BCUT2D eigenvalue weighted by molar-refractivity contribution is 6.26. The van der Waals surface area contributed by atoms with Gasteiger partial charge in [0, 0.05) is 27.6 Å². The number of nitrogens with zero attached hydrogens (tertiary/aromatic N) is 1. The molecule has 0 radical (unpaired) electrons. The van der Waals surface area contributed by atoms with Gasteiger partial charge in [-0.3, -0.25) is 0 Å². The second-order valence-electron chi connectivity index (χ2n) is 15.8. The maximum atomic E-state index is 6.96. The highest BCUT2D eigenvalue weighted by Gasteiger charge is 2.40. The van der Waals surface area contributed by atoms with E-state index in [1.54, 1.807) is 0 Å². The molecule has 1 aromatic heterocycles. The first-order chi connectivity index (χ1) is 28.6. The van der Waals surface area contributed by atoms with Gasteiger partial charge in [0.1, 0.15) is 5.58 Å². The number of anilines is 3. The van der Waals surface area contributed by atoms with Gasteiger partial charge < -0.3 is 9.32 Å². The van der Waals surface area contributed by atoms with Crippen LogP contribution in [0.15, 0.2) is 211 Å². The Kier molecular flexibility index (Phi) is 7.09. The standard InChI is InChI=1S/C56H37NO/c1-56(51-23-11-9-20-46(51)47-21-10-12-24-52(47)56)38-28-33-54-50(34-38)48-22-13-25-53(55(48)58-54)57(39-29-26-37(27-30-39)36-14-3-2-4-15-36)40-31-32-45-43-18-6-5-16-41(43)42-17-7-8-19-44(42)49(45)35-40/h2-35H,1H3. The lowest BCUT2D eigenvalue weighted by atomic mass is 9.74. The number of hydrogen-bond acceptors (Lipinski definition) is 2. The Hall–Kier alpha value is -7.42. The summed E-state index contributed by atoms with van der Waals surface area (Å²) in [4.78, 5) is 2.37. The Morgan fingerprint density at radius 3 is 1.59 bits per heavy atom. The van der Waals surface area contributed by atoms with Crippen molar-refractivity contribution in [3.05, 3.63) is 223 Å². The zero-order valence-corrected chi connectivity index (χ0v) is 32.0. The molecule has 0 unspecified atom stereocenters. The highest BCUT2D eigenvalue weighted by Crippen LogP contribution is 2.53. The summed E-state index contributed by atoms with van der Waals surface area (Å²) in [6, 6.07) is 75.1. The Morgan fingerprint density at radius 2 is 0.914 bits per heavy atom. The summed E-state index contributed by atoms with van der Waals surface area (Å²) in [6.45, 7) is 2.38. The van der Waals surface area contributed by atoms with Gasteiger partial charge in [-0.2, -0.15) is 0 Å². The molecule has 0 atom stereocenters. The van der Waals surface area contributed by atoms with Crippen molar-refractivity contribution in [2.45, 2.75) is 12.3 Å². The third-order valence-corrected chi connectivity index (χ3v) is 12.7. The van der Waals surface area contributed by atoms with Crippen molar-refractivity contribution in [2.24, 2.45) is 0 Å². The third-order valence-electron chi connectivity index (χ3n) is 12.7. The van der Waals surface area contributed by atoms with Gasteiger partial charge in [-0.1, -0.05) is 164 Å². The first kappa shape index (κ1) is 32.8. The molecule has 0 saturated heterocycles. The summed E-state index contributed by atoms with van der Waals surface area (Å²) in [6.07, 6.45) is 0. The molecule has 10 aromatic carbocycles. The van der Waals surface area contributed by atoms with Gasteiger partial charge in [-0.05, 0) is 121 Å². The predicted octanol–water partition coefficient (Wildman–Crippen LogP) is 15.5. The van der Waals surface area contributed by atoms with E-state index >= 15 is 0 Å². The molecule has 0 fully saturated rings. The van der Waals surface area contributed by atoms with Crippen LogP contribution in [0.4, 0.5) is 17.1 Å². The van der Waals surface area contributed by atoms with E-state index in [0.717, 1.165) is 39.0 Å². The Labute approximate surface area is 336 Å². The van der Waals surface area contributed by atoms with E-state index in [9.17, 15) is 0 Å². The summed E-state index contributed by atoms with van der Waals surface area (Å²) in [5.74, 6) is 0. The fourth-order valence-electron chi connectivity index (χ4n) is 9.93. The molecular formula is C56H37NO. The van der Waals surface area contributed by atoms with Crippen LogP contribution in [0.5, 0.6) is 0 Å². The van der Waals surface area contributed by atoms with Crippen molar-refractivity contribution in [2.75, 3.05) is 4.90 Å². The molecular weight excluding hydrogens is 703 g/mol. The SMILES string of the molecule is CC1(c2ccc3oc4c(N(c5ccc(-c6ccccc6)cc5)c5ccc6c7ccccc7c7ccccc7c6c5)cccc4c3c2)c2ccccc2-c2ccccc21. The summed E-state index contributed by atoms with van der Waals surface area (Å²) in [5.41, 5.74) is 13.5. The number of benzene rings is 10. The van der Waals surface area contributed by atoms with Crippen molar-refractivity contribution < 1.29 is 4.42 Å². The number of hydrogen-bond donors (Lipinski definition) is 0. The highest BCUT2D eigenvalue weighted by atomic mass is 16.3. The molecule has 1 aliphatic rings. The largest absolute Gasteiger partial charge is 0.454 e. The van der Waals surface area contributed by atoms with Crippen molar-refractivity contribution in [1.29, 1.82) is 0 Å². The topological polar surface area (TPSA) is 16.4 Å². The van der Waals surface area contributed by atoms with E-state index in [4.69, 9.17) is 4.42 Å². The third kappa shape index (κ3) is 4.72. The van der Waals surface area contributed by atoms with Gasteiger partial charge in [-0.25, -0.2) is 0 Å². The lowest BCUT2D eigenvalue weighted by Gasteiger charge is -2.28. The molecule has 272 valence electrons. The van der Waals surface area contributed by atoms with E-state index in [2.05, 4.69) is 218 Å². The average molecular weight is 740 g/mol. The smallest absolute Gasteiger partial charge is 0.159 e.